The highest BCUT2D eigenvalue weighted by molar-refractivity contribution is 5.76. The van der Waals surface area contributed by atoms with Crippen LogP contribution in [0, 0.1) is 13.8 Å². The summed E-state index contributed by atoms with van der Waals surface area (Å²) in [6, 6.07) is 10.1. The topological polar surface area (TPSA) is 96.8 Å². The van der Waals surface area contributed by atoms with Gasteiger partial charge in [0.15, 0.2) is 11.6 Å². The first kappa shape index (κ1) is 19.0. The smallest absolute Gasteiger partial charge is 0.333 e. The summed E-state index contributed by atoms with van der Waals surface area (Å²) in [4.78, 5) is 32.8. The van der Waals surface area contributed by atoms with Crippen LogP contribution in [0.2, 0.25) is 0 Å². The van der Waals surface area contributed by atoms with Crippen LogP contribution in [0.1, 0.15) is 42.2 Å². The van der Waals surface area contributed by atoms with Crippen LogP contribution in [-0.2, 0) is 17.8 Å². The fourth-order valence-electron chi connectivity index (χ4n) is 4.02. The van der Waals surface area contributed by atoms with Crippen molar-refractivity contribution >= 4 is 5.91 Å². The number of nitrogens with zero attached hydrogens (tertiary/aromatic N) is 5. The van der Waals surface area contributed by atoms with Crippen molar-refractivity contribution in [3.63, 3.8) is 0 Å². The van der Waals surface area contributed by atoms with E-state index in [1.54, 1.807) is 6.92 Å². The number of benzene rings is 1. The van der Waals surface area contributed by atoms with Crippen LogP contribution in [0.15, 0.2) is 35.1 Å². The van der Waals surface area contributed by atoms with Crippen LogP contribution in [0.3, 0.4) is 0 Å². The second-order valence-electron chi connectivity index (χ2n) is 7.53. The Bertz CT molecular complexity index is 1080. The summed E-state index contributed by atoms with van der Waals surface area (Å²) >= 11 is 0. The molecule has 3 heterocycles. The number of hydrogen-bond acceptors (Lipinski definition) is 5. The molecular formula is C21H24N6O2. The monoisotopic (exact) mass is 392 g/mol. The van der Waals surface area contributed by atoms with Crippen LogP contribution in [0.25, 0.3) is 11.4 Å². The highest BCUT2D eigenvalue weighted by Crippen LogP contribution is 2.27. The molecule has 1 N–H and O–H groups in total. The van der Waals surface area contributed by atoms with Crippen molar-refractivity contribution < 1.29 is 4.79 Å². The van der Waals surface area contributed by atoms with Crippen LogP contribution in [0.4, 0.5) is 0 Å². The lowest BCUT2D eigenvalue weighted by Crippen LogP contribution is -2.40. The highest BCUT2D eigenvalue weighted by Gasteiger charge is 2.29. The van der Waals surface area contributed by atoms with Crippen LogP contribution in [-0.4, -0.2) is 42.1 Å². The number of nitrogens with one attached hydrogen (secondary N) is 1. The molecule has 2 aromatic heterocycles. The lowest BCUT2D eigenvalue weighted by molar-refractivity contribution is -0.133. The molecular weight excluding hydrogens is 368 g/mol. The average molecular weight is 392 g/mol. The van der Waals surface area contributed by atoms with Gasteiger partial charge in [-0.25, -0.2) is 4.79 Å². The molecule has 3 aromatic rings. The van der Waals surface area contributed by atoms with Crippen molar-refractivity contribution in [2.45, 2.75) is 46.2 Å². The maximum Gasteiger partial charge on any atom is 0.345 e. The van der Waals surface area contributed by atoms with Gasteiger partial charge < -0.3 is 14.5 Å². The lowest BCUT2D eigenvalue weighted by atomic mass is 10.1. The van der Waals surface area contributed by atoms with E-state index < -0.39 is 0 Å². The van der Waals surface area contributed by atoms with E-state index in [4.69, 9.17) is 0 Å². The zero-order chi connectivity index (χ0) is 20.5. The Kier molecular flexibility index (Phi) is 5.00. The molecule has 0 saturated heterocycles. The van der Waals surface area contributed by atoms with E-state index in [0.717, 1.165) is 28.5 Å². The SMILES string of the molecule is Cc1nc(=O)[nH]c(C)c1CCC(=O)N1Cc2nnc(-c3ccccc3)n2[C@@H](C)C1. The molecule has 0 radical (unpaired) electrons. The first-order valence-electron chi connectivity index (χ1n) is 9.77. The Morgan fingerprint density at radius 1 is 1.21 bits per heavy atom. The van der Waals surface area contributed by atoms with Crippen molar-refractivity contribution in [3.8, 4) is 11.4 Å². The number of carbonyl (C=O) groups is 1. The molecule has 1 aliphatic heterocycles. The Labute approximate surface area is 168 Å². The maximum absolute atomic E-state index is 12.9. The fraction of sp³-hybridized carbons (Fsp3) is 0.381. The van der Waals surface area contributed by atoms with Gasteiger partial charge in [0, 0.05) is 29.9 Å². The maximum atomic E-state index is 12.9. The van der Waals surface area contributed by atoms with Gasteiger partial charge in [-0.2, -0.15) is 4.98 Å². The molecule has 1 atom stereocenters. The van der Waals surface area contributed by atoms with Gasteiger partial charge in [0.2, 0.25) is 5.91 Å². The molecule has 1 amide bonds. The number of fused-ring (bicyclic) bond motifs is 1. The van der Waals surface area contributed by atoms with E-state index in [9.17, 15) is 9.59 Å². The average Bonchev–Trinajstić information content (AvgIpc) is 3.12. The third-order valence-corrected chi connectivity index (χ3v) is 5.45. The highest BCUT2D eigenvalue weighted by atomic mass is 16.2. The number of rotatable bonds is 4. The van der Waals surface area contributed by atoms with E-state index >= 15 is 0 Å². The van der Waals surface area contributed by atoms with Gasteiger partial charge in [0.05, 0.1) is 12.6 Å². The number of aromatic amines is 1. The molecule has 0 spiro atoms. The van der Waals surface area contributed by atoms with Crippen molar-refractivity contribution in [3.05, 3.63) is 63.6 Å². The third kappa shape index (κ3) is 3.70. The minimum absolute atomic E-state index is 0.0670. The minimum Gasteiger partial charge on any atom is -0.333 e. The summed E-state index contributed by atoms with van der Waals surface area (Å²) in [6.07, 6.45) is 0.912. The van der Waals surface area contributed by atoms with Crippen LogP contribution >= 0.6 is 0 Å². The Morgan fingerprint density at radius 2 is 1.97 bits per heavy atom. The van der Waals surface area contributed by atoms with E-state index in [0.29, 0.717) is 31.6 Å². The second kappa shape index (κ2) is 7.62. The molecule has 4 rings (SSSR count). The Morgan fingerprint density at radius 3 is 2.69 bits per heavy atom. The quantitative estimate of drug-likeness (QED) is 0.734. The molecule has 0 bridgehead atoms. The molecule has 0 fully saturated rings. The standard InChI is InChI=1S/C21H24N6O2/c1-13-11-26(19(28)10-9-17-14(2)22-21(29)23-15(17)3)12-18-24-25-20(27(13)18)16-7-5-4-6-8-16/h4-8,13H,9-12H2,1-3H3,(H,22,23,29)/t13-/m0/s1. The van der Waals surface area contributed by atoms with Gasteiger partial charge in [0.1, 0.15) is 0 Å². The zero-order valence-electron chi connectivity index (χ0n) is 16.8. The van der Waals surface area contributed by atoms with Crippen LogP contribution < -0.4 is 5.69 Å². The summed E-state index contributed by atoms with van der Waals surface area (Å²) in [7, 11) is 0. The summed E-state index contributed by atoms with van der Waals surface area (Å²) in [5.41, 5.74) is 3.05. The van der Waals surface area contributed by atoms with Gasteiger partial charge in [-0.1, -0.05) is 30.3 Å². The van der Waals surface area contributed by atoms with Crippen molar-refractivity contribution in [2.75, 3.05) is 6.54 Å². The number of H-pyrrole nitrogens is 1. The summed E-state index contributed by atoms with van der Waals surface area (Å²) in [5.74, 6) is 1.71. The van der Waals surface area contributed by atoms with Crippen LogP contribution in [0.5, 0.6) is 0 Å². The molecule has 8 nitrogen and oxygen atoms in total. The van der Waals surface area contributed by atoms with Gasteiger partial charge in [0.25, 0.3) is 0 Å². The first-order chi connectivity index (χ1) is 13.9. The van der Waals surface area contributed by atoms with Gasteiger partial charge in [-0.3, -0.25) is 4.79 Å². The molecule has 0 unspecified atom stereocenters. The molecule has 1 aliphatic rings. The number of aromatic nitrogens is 5. The van der Waals surface area contributed by atoms with Gasteiger partial charge >= 0.3 is 5.69 Å². The predicted octanol–water partition coefficient (Wildman–Crippen LogP) is 2.18. The van der Waals surface area contributed by atoms with Crippen molar-refractivity contribution in [2.24, 2.45) is 0 Å². The second-order valence-corrected chi connectivity index (χ2v) is 7.53. The predicted molar refractivity (Wildman–Crippen MR) is 108 cm³/mol. The molecule has 1 aromatic carbocycles. The van der Waals surface area contributed by atoms with Gasteiger partial charge in [-0.15, -0.1) is 10.2 Å². The summed E-state index contributed by atoms with van der Waals surface area (Å²) < 4.78 is 2.12. The lowest BCUT2D eigenvalue weighted by Gasteiger charge is -2.32. The third-order valence-electron chi connectivity index (χ3n) is 5.45. The molecule has 8 heteroatoms. The Balaban J connectivity index is 1.49. The molecule has 0 aliphatic carbocycles. The largest absolute Gasteiger partial charge is 0.345 e. The van der Waals surface area contributed by atoms with E-state index in [2.05, 4.69) is 31.7 Å². The first-order valence-corrected chi connectivity index (χ1v) is 9.77. The molecule has 0 saturated carbocycles. The fourth-order valence-corrected chi connectivity index (χ4v) is 4.02. The minimum atomic E-state index is -0.353. The summed E-state index contributed by atoms with van der Waals surface area (Å²) in [6.45, 7) is 6.79. The number of aryl methyl sites for hydroxylation is 2. The summed E-state index contributed by atoms with van der Waals surface area (Å²) in [5, 5.41) is 8.71. The van der Waals surface area contributed by atoms with Crippen molar-refractivity contribution in [1.29, 1.82) is 0 Å². The number of amides is 1. The molecule has 29 heavy (non-hydrogen) atoms. The number of hydrogen-bond donors (Lipinski definition) is 1. The Hall–Kier alpha value is -3.29. The van der Waals surface area contributed by atoms with E-state index in [1.807, 2.05) is 42.2 Å². The normalized spacial score (nSPS) is 16.0. The van der Waals surface area contributed by atoms with Crippen molar-refractivity contribution in [1.82, 2.24) is 29.6 Å². The number of carbonyl (C=O) groups excluding carboxylic acids is 1. The zero-order valence-corrected chi connectivity index (χ0v) is 16.8. The molecule has 150 valence electrons. The van der Waals surface area contributed by atoms with E-state index in [-0.39, 0.29) is 17.6 Å². The van der Waals surface area contributed by atoms with Gasteiger partial charge in [-0.05, 0) is 32.8 Å². The van der Waals surface area contributed by atoms with E-state index in [1.165, 1.54) is 0 Å².